The Balaban J connectivity index is 2.41. The summed E-state index contributed by atoms with van der Waals surface area (Å²) in [5, 5.41) is 0.460. The summed E-state index contributed by atoms with van der Waals surface area (Å²) in [7, 11) is 0. The van der Waals surface area contributed by atoms with Crippen LogP contribution in [0.2, 0.25) is 5.02 Å². The highest BCUT2D eigenvalue weighted by atomic mass is 79.9. The molecule has 0 radical (unpaired) electrons. The van der Waals surface area contributed by atoms with Crippen LogP contribution in [0.4, 0.5) is 4.39 Å². The van der Waals surface area contributed by atoms with E-state index in [-0.39, 0.29) is 10.3 Å². The van der Waals surface area contributed by atoms with Crippen LogP contribution < -0.4 is 0 Å². The summed E-state index contributed by atoms with van der Waals surface area (Å²) in [4.78, 5) is 12.2. The number of carbonyl (C=O) groups excluding carboxylic acids is 1. The number of ketones is 1. The molecule has 5 heteroatoms. The molecule has 2 aromatic carbocycles. The Labute approximate surface area is 125 Å². The van der Waals surface area contributed by atoms with Crippen molar-refractivity contribution in [1.29, 1.82) is 0 Å². The number of carbonyl (C=O) groups is 1. The van der Waals surface area contributed by atoms with E-state index in [1.165, 1.54) is 18.2 Å². The summed E-state index contributed by atoms with van der Waals surface area (Å²) < 4.78 is 14.1. The lowest BCUT2D eigenvalue weighted by Gasteiger charge is -2.04. The molecule has 0 aliphatic heterocycles. The van der Waals surface area contributed by atoms with Crippen LogP contribution in [0, 0.1) is 5.82 Å². The molecule has 0 aliphatic carbocycles. The van der Waals surface area contributed by atoms with Crippen molar-refractivity contribution < 1.29 is 9.18 Å². The van der Waals surface area contributed by atoms with Crippen molar-refractivity contribution in [3.63, 3.8) is 0 Å². The monoisotopic (exact) mass is 390 g/mol. The Bertz CT molecular complexity index is 575. The van der Waals surface area contributed by atoms with Gasteiger partial charge in [0.1, 0.15) is 5.82 Å². The number of hydrogen-bond acceptors (Lipinski definition) is 1. The summed E-state index contributed by atoms with van der Waals surface area (Å²) >= 11 is 12.2. The van der Waals surface area contributed by atoms with E-state index in [4.69, 9.17) is 11.6 Å². The molecule has 0 saturated heterocycles. The fraction of sp³-hybridized carbons (Fsp3) is 0. The minimum absolute atomic E-state index is 0.204. The molecule has 0 bridgehead atoms. The highest BCUT2D eigenvalue weighted by Crippen LogP contribution is 2.25. The predicted octanol–water partition coefficient (Wildman–Crippen LogP) is 5.24. The molecule has 2 aromatic rings. The maximum absolute atomic E-state index is 13.1. The van der Waals surface area contributed by atoms with E-state index < -0.39 is 5.82 Å². The zero-order valence-electron chi connectivity index (χ0n) is 8.88. The van der Waals surface area contributed by atoms with Gasteiger partial charge in [0, 0.05) is 15.6 Å². The van der Waals surface area contributed by atoms with Crippen LogP contribution in [-0.2, 0) is 0 Å². The van der Waals surface area contributed by atoms with E-state index >= 15 is 0 Å². The Morgan fingerprint density at radius 2 is 1.61 bits per heavy atom. The quantitative estimate of drug-likeness (QED) is 0.639. The van der Waals surface area contributed by atoms with E-state index in [0.717, 1.165) is 4.47 Å². The maximum Gasteiger partial charge on any atom is 0.193 e. The molecule has 0 atom stereocenters. The van der Waals surface area contributed by atoms with Gasteiger partial charge < -0.3 is 0 Å². The van der Waals surface area contributed by atoms with Crippen LogP contribution in [-0.4, -0.2) is 5.78 Å². The van der Waals surface area contributed by atoms with Gasteiger partial charge in [-0.3, -0.25) is 4.79 Å². The Morgan fingerprint density at radius 3 is 2.22 bits per heavy atom. The molecule has 0 saturated carbocycles. The standard InChI is InChI=1S/C13H6Br2ClFO/c14-9-3-1-8(6-11(9)16)13(18)7-2-4-12(17)10(15)5-7/h1-6H. The van der Waals surface area contributed by atoms with Crippen molar-refractivity contribution in [2.75, 3.05) is 0 Å². The number of halogens is 4. The SMILES string of the molecule is O=C(c1ccc(Br)c(Cl)c1)c1ccc(F)c(Br)c1. The van der Waals surface area contributed by atoms with E-state index in [9.17, 15) is 9.18 Å². The van der Waals surface area contributed by atoms with E-state index in [0.29, 0.717) is 16.1 Å². The summed E-state index contributed by atoms with van der Waals surface area (Å²) in [5.74, 6) is -0.606. The molecule has 0 heterocycles. The minimum atomic E-state index is -0.402. The molecule has 2 rings (SSSR count). The summed E-state index contributed by atoms with van der Waals surface area (Å²) in [5.41, 5.74) is 0.864. The van der Waals surface area contributed by atoms with Crippen molar-refractivity contribution in [2.24, 2.45) is 0 Å². The van der Waals surface area contributed by atoms with Gasteiger partial charge in [0.15, 0.2) is 5.78 Å². The molecular weight excluding hydrogens is 386 g/mol. The van der Waals surface area contributed by atoms with Crippen LogP contribution >= 0.6 is 43.5 Å². The molecule has 0 aromatic heterocycles. The first-order chi connectivity index (χ1) is 8.49. The summed E-state index contributed by atoms with van der Waals surface area (Å²) in [6, 6.07) is 9.08. The Kier molecular flexibility index (Phi) is 4.20. The van der Waals surface area contributed by atoms with Gasteiger partial charge in [-0.25, -0.2) is 4.39 Å². The highest BCUT2D eigenvalue weighted by Gasteiger charge is 2.12. The van der Waals surface area contributed by atoms with Crippen molar-refractivity contribution >= 4 is 49.2 Å². The van der Waals surface area contributed by atoms with Crippen LogP contribution in [0.25, 0.3) is 0 Å². The molecule has 0 N–H and O–H groups in total. The molecule has 0 spiro atoms. The van der Waals surface area contributed by atoms with E-state index in [1.54, 1.807) is 18.2 Å². The Hall–Kier alpha value is -0.710. The van der Waals surface area contributed by atoms with Gasteiger partial charge in [-0.2, -0.15) is 0 Å². The first-order valence-electron chi connectivity index (χ1n) is 4.94. The molecule has 0 fully saturated rings. The molecule has 18 heavy (non-hydrogen) atoms. The normalized spacial score (nSPS) is 10.4. The van der Waals surface area contributed by atoms with Crippen LogP contribution in [0.1, 0.15) is 15.9 Å². The minimum Gasteiger partial charge on any atom is -0.289 e. The van der Waals surface area contributed by atoms with Gasteiger partial charge in [-0.1, -0.05) is 11.6 Å². The molecule has 0 unspecified atom stereocenters. The first-order valence-corrected chi connectivity index (χ1v) is 6.90. The zero-order chi connectivity index (χ0) is 13.3. The number of rotatable bonds is 2. The molecule has 1 nitrogen and oxygen atoms in total. The third kappa shape index (κ3) is 2.82. The lowest BCUT2D eigenvalue weighted by atomic mass is 10.0. The first kappa shape index (κ1) is 13.7. The van der Waals surface area contributed by atoms with E-state index in [1.807, 2.05) is 0 Å². The molecule has 92 valence electrons. The second kappa shape index (κ2) is 5.51. The molecule has 0 amide bonds. The van der Waals surface area contributed by atoms with E-state index in [2.05, 4.69) is 31.9 Å². The summed E-state index contributed by atoms with van der Waals surface area (Å²) in [6.45, 7) is 0. The molecular formula is C13H6Br2ClFO. The van der Waals surface area contributed by atoms with Crippen molar-refractivity contribution in [1.82, 2.24) is 0 Å². The van der Waals surface area contributed by atoms with Gasteiger partial charge in [-0.15, -0.1) is 0 Å². The maximum atomic E-state index is 13.1. The third-order valence-corrected chi connectivity index (χ3v) is 4.20. The van der Waals surface area contributed by atoms with Gasteiger partial charge in [0.25, 0.3) is 0 Å². The summed E-state index contributed by atoms with van der Waals surface area (Å²) in [6.07, 6.45) is 0. The van der Waals surface area contributed by atoms with Crippen LogP contribution in [0.5, 0.6) is 0 Å². The second-order valence-electron chi connectivity index (χ2n) is 3.59. The fourth-order valence-corrected chi connectivity index (χ4v) is 2.25. The van der Waals surface area contributed by atoms with Crippen molar-refractivity contribution in [2.45, 2.75) is 0 Å². The zero-order valence-corrected chi connectivity index (χ0v) is 12.8. The average molecular weight is 392 g/mol. The van der Waals surface area contributed by atoms with Gasteiger partial charge in [0.2, 0.25) is 0 Å². The smallest absolute Gasteiger partial charge is 0.193 e. The predicted molar refractivity (Wildman–Crippen MR) is 76.7 cm³/mol. The van der Waals surface area contributed by atoms with Crippen molar-refractivity contribution in [3.05, 3.63) is 67.3 Å². The second-order valence-corrected chi connectivity index (χ2v) is 5.70. The van der Waals surface area contributed by atoms with Gasteiger partial charge in [-0.05, 0) is 68.3 Å². The number of hydrogen-bond donors (Lipinski definition) is 0. The average Bonchev–Trinajstić information content (AvgIpc) is 2.35. The Morgan fingerprint density at radius 1 is 1.00 bits per heavy atom. The van der Waals surface area contributed by atoms with Crippen LogP contribution in [0.3, 0.4) is 0 Å². The highest BCUT2D eigenvalue weighted by molar-refractivity contribution is 9.10. The lowest BCUT2D eigenvalue weighted by Crippen LogP contribution is -2.01. The molecule has 0 aliphatic rings. The topological polar surface area (TPSA) is 17.1 Å². The van der Waals surface area contributed by atoms with Crippen molar-refractivity contribution in [3.8, 4) is 0 Å². The van der Waals surface area contributed by atoms with Crippen LogP contribution in [0.15, 0.2) is 45.3 Å². The lowest BCUT2D eigenvalue weighted by molar-refractivity contribution is 0.103. The largest absolute Gasteiger partial charge is 0.289 e. The number of benzene rings is 2. The fourth-order valence-electron chi connectivity index (χ4n) is 1.44. The van der Waals surface area contributed by atoms with Gasteiger partial charge >= 0.3 is 0 Å². The van der Waals surface area contributed by atoms with Gasteiger partial charge in [0.05, 0.1) is 9.50 Å². The third-order valence-electron chi connectivity index (χ3n) is 2.36.